The Bertz CT molecular complexity index is 378. The summed E-state index contributed by atoms with van der Waals surface area (Å²) in [4.78, 5) is 23.0. The first-order valence-electron chi connectivity index (χ1n) is 8.90. The summed E-state index contributed by atoms with van der Waals surface area (Å²) in [6.07, 6.45) is 4.18. The normalized spacial score (nSPS) is 15.4. The molecule has 6 heteroatoms. The molecule has 0 rings (SSSR count). The van der Waals surface area contributed by atoms with Crippen molar-refractivity contribution in [3.8, 4) is 0 Å². The van der Waals surface area contributed by atoms with E-state index in [2.05, 4.69) is 12.2 Å². The van der Waals surface area contributed by atoms with Crippen molar-refractivity contribution < 1.29 is 24.2 Å². The van der Waals surface area contributed by atoms with Gasteiger partial charge in [-0.05, 0) is 41.0 Å². The number of carboxylic acid groups (broad SMARTS) is 1. The third-order valence-electron chi connectivity index (χ3n) is 3.61. The fourth-order valence-corrected chi connectivity index (χ4v) is 2.23. The van der Waals surface area contributed by atoms with Crippen molar-refractivity contribution in [2.24, 2.45) is 5.92 Å². The highest BCUT2D eigenvalue weighted by Gasteiger charge is 2.25. The molecule has 1 amide bonds. The average Bonchev–Trinajstić information content (AvgIpc) is 2.43. The molecule has 0 aliphatic rings. The molecule has 2 N–H and O–H groups in total. The summed E-state index contributed by atoms with van der Waals surface area (Å²) in [5, 5.41) is 11.9. The molecule has 142 valence electrons. The van der Waals surface area contributed by atoms with Crippen molar-refractivity contribution in [3.05, 3.63) is 0 Å². The molecule has 0 bridgehead atoms. The lowest BCUT2D eigenvalue weighted by molar-refractivity contribution is -0.147. The van der Waals surface area contributed by atoms with Gasteiger partial charge in [0.1, 0.15) is 5.60 Å². The summed E-state index contributed by atoms with van der Waals surface area (Å²) in [5.74, 6) is -1.43. The number of alkyl carbamates (subject to hydrolysis) is 1. The van der Waals surface area contributed by atoms with Gasteiger partial charge in [0.2, 0.25) is 0 Å². The highest BCUT2D eigenvalue weighted by Crippen LogP contribution is 2.17. The lowest BCUT2D eigenvalue weighted by Gasteiger charge is -2.25. The van der Waals surface area contributed by atoms with Gasteiger partial charge >= 0.3 is 12.1 Å². The van der Waals surface area contributed by atoms with E-state index in [-0.39, 0.29) is 18.8 Å². The maximum absolute atomic E-state index is 11.7. The van der Waals surface area contributed by atoms with Crippen LogP contribution in [0.3, 0.4) is 0 Å². The Morgan fingerprint density at radius 3 is 2.25 bits per heavy atom. The first-order chi connectivity index (χ1) is 11.1. The molecule has 6 nitrogen and oxygen atoms in total. The van der Waals surface area contributed by atoms with Crippen LogP contribution in [-0.2, 0) is 14.3 Å². The molecular formula is C18H35NO5. The summed E-state index contributed by atoms with van der Waals surface area (Å²) >= 11 is 0. The molecule has 0 aromatic rings. The monoisotopic (exact) mass is 345 g/mol. The second-order valence-electron chi connectivity index (χ2n) is 7.40. The number of rotatable bonds is 11. The van der Waals surface area contributed by atoms with Crippen molar-refractivity contribution in [2.45, 2.75) is 91.4 Å². The highest BCUT2D eigenvalue weighted by atomic mass is 16.6. The molecule has 0 aromatic heterocycles. The lowest BCUT2D eigenvalue weighted by Crippen LogP contribution is -2.41. The highest BCUT2D eigenvalue weighted by molar-refractivity contribution is 5.70. The number of aliphatic carboxylic acids is 1. The number of carboxylic acids is 1. The van der Waals surface area contributed by atoms with E-state index in [0.717, 1.165) is 25.7 Å². The first-order valence-corrected chi connectivity index (χ1v) is 8.90. The molecule has 0 saturated heterocycles. The minimum absolute atomic E-state index is 0.251. The number of carbonyl (C=O) groups excluding carboxylic acids is 1. The number of amides is 1. The molecule has 0 aliphatic heterocycles. The van der Waals surface area contributed by atoms with Crippen molar-refractivity contribution >= 4 is 12.1 Å². The summed E-state index contributed by atoms with van der Waals surface area (Å²) in [6.45, 7) is 11.3. The molecule has 0 aromatic carbocycles. The lowest BCUT2D eigenvalue weighted by atomic mass is 9.98. The van der Waals surface area contributed by atoms with Gasteiger partial charge in [0.25, 0.3) is 0 Å². The number of nitrogens with one attached hydrogen (secondary N) is 1. The Kier molecular flexibility index (Phi) is 10.7. The fraction of sp³-hybridized carbons (Fsp3) is 0.889. The Hall–Kier alpha value is -1.30. The van der Waals surface area contributed by atoms with E-state index in [1.54, 1.807) is 27.7 Å². The van der Waals surface area contributed by atoms with Crippen LogP contribution in [-0.4, -0.2) is 41.5 Å². The zero-order chi connectivity index (χ0) is 18.8. The van der Waals surface area contributed by atoms with Gasteiger partial charge in [-0.25, -0.2) is 4.79 Å². The van der Waals surface area contributed by atoms with E-state index < -0.39 is 23.6 Å². The van der Waals surface area contributed by atoms with Crippen LogP contribution in [0, 0.1) is 5.92 Å². The molecule has 24 heavy (non-hydrogen) atoms. The van der Waals surface area contributed by atoms with Crippen molar-refractivity contribution in [1.29, 1.82) is 0 Å². The predicted molar refractivity (Wildman–Crippen MR) is 94.1 cm³/mol. The van der Waals surface area contributed by atoms with Crippen LogP contribution in [0.25, 0.3) is 0 Å². The predicted octanol–water partition coefficient (Wildman–Crippen LogP) is 3.98. The smallest absolute Gasteiger partial charge is 0.407 e. The Balaban J connectivity index is 4.36. The molecule has 0 heterocycles. The van der Waals surface area contributed by atoms with Gasteiger partial charge in [0, 0.05) is 0 Å². The molecule has 0 spiro atoms. The fourth-order valence-electron chi connectivity index (χ4n) is 2.23. The quantitative estimate of drug-likeness (QED) is 0.553. The number of hydrogen-bond donors (Lipinski definition) is 2. The van der Waals surface area contributed by atoms with Crippen molar-refractivity contribution in [2.75, 3.05) is 6.61 Å². The van der Waals surface area contributed by atoms with E-state index >= 15 is 0 Å². The van der Waals surface area contributed by atoms with Gasteiger partial charge in [-0.15, -0.1) is 0 Å². The summed E-state index contributed by atoms with van der Waals surface area (Å²) < 4.78 is 11.0. The summed E-state index contributed by atoms with van der Waals surface area (Å²) in [5.41, 5.74) is -0.551. The number of unbranched alkanes of at least 4 members (excludes halogenated alkanes) is 3. The zero-order valence-corrected chi connectivity index (χ0v) is 16.1. The van der Waals surface area contributed by atoms with E-state index in [1.165, 1.54) is 0 Å². The molecule has 1 unspecified atom stereocenters. The van der Waals surface area contributed by atoms with E-state index in [9.17, 15) is 14.7 Å². The Morgan fingerprint density at radius 1 is 1.12 bits per heavy atom. The number of carbonyl (C=O) groups is 2. The summed E-state index contributed by atoms with van der Waals surface area (Å²) in [7, 11) is 0. The topological polar surface area (TPSA) is 84.9 Å². The third-order valence-corrected chi connectivity index (χ3v) is 3.61. The van der Waals surface area contributed by atoms with Gasteiger partial charge in [0.05, 0.1) is 24.7 Å². The Morgan fingerprint density at radius 2 is 1.75 bits per heavy atom. The molecule has 3 atom stereocenters. The van der Waals surface area contributed by atoms with Crippen LogP contribution in [0.5, 0.6) is 0 Å². The van der Waals surface area contributed by atoms with Gasteiger partial charge in [-0.3, -0.25) is 4.79 Å². The third kappa shape index (κ3) is 11.3. The van der Waals surface area contributed by atoms with Gasteiger partial charge in [-0.2, -0.15) is 0 Å². The molecule has 0 saturated carbocycles. The van der Waals surface area contributed by atoms with Gasteiger partial charge < -0.3 is 19.9 Å². The minimum atomic E-state index is -0.858. The van der Waals surface area contributed by atoms with Crippen LogP contribution in [0.4, 0.5) is 4.79 Å². The molecule has 0 fully saturated rings. The van der Waals surface area contributed by atoms with E-state index in [0.29, 0.717) is 6.42 Å². The van der Waals surface area contributed by atoms with Gasteiger partial charge in [-0.1, -0.05) is 32.6 Å². The zero-order valence-electron chi connectivity index (χ0n) is 16.1. The standard InChI is InChI=1S/C18H35NO5/c1-7-8-9-10-11-15(14(3)16(20)21)23-12-13(2)19-17(22)24-18(4,5)6/h13-15H,7-12H2,1-6H3,(H,19,22)(H,20,21)/t13?,14-,15-/m1/s1. The first kappa shape index (κ1) is 22.7. The molecule has 0 radical (unpaired) electrons. The van der Waals surface area contributed by atoms with Crippen molar-refractivity contribution in [3.63, 3.8) is 0 Å². The second-order valence-corrected chi connectivity index (χ2v) is 7.40. The maximum atomic E-state index is 11.7. The second kappa shape index (κ2) is 11.3. The SMILES string of the molecule is CCCCCC[C@@H](OCC(C)NC(=O)OC(C)(C)C)[C@@H](C)C(=O)O. The van der Waals surface area contributed by atoms with E-state index in [4.69, 9.17) is 9.47 Å². The van der Waals surface area contributed by atoms with Gasteiger partial charge in [0.15, 0.2) is 0 Å². The minimum Gasteiger partial charge on any atom is -0.481 e. The van der Waals surface area contributed by atoms with Crippen LogP contribution in [0.2, 0.25) is 0 Å². The molecular weight excluding hydrogens is 310 g/mol. The van der Waals surface area contributed by atoms with Crippen LogP contribution in [0.15, 0.2) is 0 Å². The Labute approximate surface area is 146 Å². The number of ether oxygens (including phenoxy) is 2. The van der Waals surface area contributed by atoms with Crippen LogP contribution in [0.1, 0.15) is 73.6 Å². The number of hydrogen-bond acceptors (Lipinski definition) is 4. The summed E-state index contributed by atoms with van der Waals surface area (Å²) in [6, 6.07) is -0.251. The largest absolute Gasteiger partial charge is 0.481 e. The van der Waals surface area contributed by atoms with Crippen LogP contribution >= 0.6 is 0 Å². The van der Waals surface area contributed by atoms with Crippen molar-refractivity contribution in [1.82, 2.24) is 5.32 Å². The molecule has 0 aliphatic carbocycles. The maximum Gasteiger partial charge on any atom is 0.407 e. The average molecular weight is 345 g/mol. The van der Waals surface area contributed by atoms with E-state index in [1.807, 2.05) is 6.92 Å². The van der Waals surface area contributed by atoms with Crippen LogP contribution < -0.4 is 5.32 Å².